The van der Waals surface area contributed by atoms with Crippen LogP contribution in [0.3, 0.4) is 0 Å². The first kappa shape index (κ1) is 12.0. The summed E-state index contributed by atoms with van der Waals surface area (Å²) in [4.78, 5) is 0. The maximum atomic E-state index is 3.97. The summed E-state index contributed by atoms with van der Waals surface area (Å²) in [7, 11) is 1.94. The molecule has 1 aromatic carbocycles. The van der Waals surface area contributed by atoms with Crippen molar-refractivity contribution in [3.05, 3.63) is 44.9 Å². The number of nitrogens with one attached hydrogen (secondary N) is 1. The molecule has 0 amide bonds. The van der Waals surface area contributed by atoms with Crippen molar-refractivity contribution in [2.75, 3.05) is 7.05 Å². The van der Waals surface area contributed by atoms with E-state index < -0.39 is 0 Å². The van der Waals surface area contributed by atoms with Crippen molar-refractivity contribution in [3.63, 3.8) is 0 Å². The molecular formula is C11H13Br2N. The summed E-state index contributed by atoms with van der Waals surface area (Å²) in [6, 6.07) is 6.37. The van der Waals surface area contributed by atoms with Crippen molar-refractivity contribution in [2.24, 2.45) is 0 Å². The van der Waals surface area contributed by atoms with Crippen LogP contribution in [0, 0.1) is 0 Å². The first-order chi connectivity index (χ1) is 6.56. The average molecular weight is 319 g/mol. The molecule has 0 aliphatic rings. The van der Waals surface area contributed by atoms with Gasteiger partial charge in [-0.3, -0.25) is 0 Å². The van der Waals surface area contributed by atoms with Gasteiger partial charge in [-0.15, -0.1) is 0 Å². The second kappa shape index (κ2) is 5.10. The Bertz CT molecular complexity index is 347. The van der Waals surface area contributed by atoms with Gasteiger partial charge in [-0.2, -0.15) is 0 Å². The maximum Gasteiger partial charge on any atom is 0.0539 e. The third kappa shape index (κ3) is 2.69. The van der Waals surface area contributed by atoms with E-state index in [1.54, 1.807) is 0 Å². The van der Waals surface area contributed by atoms with Crippen molar-refractivity contribution < 1.29 is 0 Å². The van der Waals surface area contributed by atoms with Gasteiger partial charge in [0.1, 0.15) is 0 Å². The maximum absolute atomic E-state index is 3.97. The zero-order valence-electron chi connectivity index (χ0n) is 8.27. The lowest BCUT2D eigenvalue weighted by Crippen LogP contribution is -2.17. The van der Waals surface area contributed by atoms with Gasteiger partial charge in [-0.1, -0.05) is 50.1 Å². The van der Waals surface area contributed by atoms with Crippen LogP contribution in [0.5, 0.6) is 0 Å². The van der Waals surface area contributed by atoms with Crippen LogP contribution in [0.25, 0.3) is 0 Å². The summed E-state index contributed by atoms with van der Waals surface area (Å²) in [5.74, 6) is 0. The van der Waals surface area contributed by atoms with Crippen LogP contribution in [0.2, 0.25) is 0 Å². The molecule has 1 N–H and O–H groups in total. The molecule has 0 saturated carbocycles. The first-order valence-corrected chi connectivity index (χ1v) is 5.92. The van der Waals surface area contributed by atoms with Crippen molar-refractivity contribution in [1.29, 1.82) is 0 Å². The lowest BCUT2D eigenvalue weighted by molar-refractivity contribution is 0.677. The molecule has 0 aliphatic carbocycles. The van der Waals surface area contributed by atoms with Crippen LogP contribution in [0.4, 0.5) is 0 Å². The summed E-state index contributed by atoms with van der Waals surface area (Å²) in [5, 5.41) is 3.23. The predicted octanol–water partition coefficient (Wildman–Crippen LogP) is 4.05. The molecule has 0 aromatic heterocycles. The molecule has 1 rings (SSSR count). The van der Waals surface area contributed by atoms with Gasteiger partial charge in [0.05, 0.1) is 6.04 Å². The zero-order valence-corrected chi connectivity index (χ0v) is 11.4. The number of likely N-dealkylation sites (N-methyl/N-ethyl adjacent to an activating group) is 1. The van der Waals surface area contributed by atoms with E-state index in [1.807, 2.05) is 26.1 Å². The molecule has 76 valence electrons. The lowest BCUT2D eigenvalue weighted by Gasteiger charge is -2.18. The molecule has 1 aromatic rings. The number of halogens is 2. The normalized spacial score (nSPS) is 12.6. The fourth-order valence-corrected chi connectivity index (χ4v) is 2.68. The largest absolute Gasteiger partial charge is 0.310 e. The van der Waals surface area contributed by atoms with E-state index in [9.17, 15) is 0 Å². The van der Waals surface area contributed by atoms with Gasteiger partial charge >= 0.3 is 0 Å². The molecule has 0 heterocycles. The Labute approximate surface area is 102 Å². The second-order valence-electron chi connectivity index (χ2n) is 3.23. The summed E-state index contributed by atoms with van der Waals surface area (Å²) < 4.78 is 2.17. The predicted molar refractivity (Wildman–Crippen MR) is 68.5 cm³/mol. The minimum absolute atomic E-state index is 0.206. The van der Waals surface area contributed by atoms with Crippen molar-refractivity contribution in [3.8, 4) is 0 Å². The van der Waals surface area contributed by atoms with E-state index in [-0.39, 0.29) is 6.04 Å². The highest BCUT2D eigenvalue weighted by atomic mass is 79.9. The van der Waals surface area contributed by atoms with E-state index in [4.69, 9.17) is 0 Å². The fourth-order valence-electron chi connectivity index (χ4n) is 1.40. The highest BCUT2D eigenvalue weighted by Crippen LogP contribution is 2.29. The van der Waals surface area contributed by atoms with E-state index in [0.29, 0.717) is 0 Å². The molecular weight excluding hydrogens is 306 g/mol. The molecule has 1 nitrogen and oxygen atoms in total. The van der Waals surface area contributed by atoms with Gasteiger partial charge in [0.25, 0.3) is 0 Å². The quantitative estimate of drug-likeness (QED) is 0.829. The van der Waals surface area contributed by atoms with Crippen molar-refractivity contribution in [2.45, 2.75) is 13.0 Å². The standard InChI is InChI=1S/C11H13Br2N/c1-7(2)11(14-3)9-5-4-8(12)6-10(9)13/h4-6,11,14H,1H2,2-3H3. The molecule has 1 atom stereocenters. The molecule has 1 unspecified atom stereocenters. The Hall–Kier alpha value is -0.120. The molecule has 0 bridgehead atoms. The van der Waals surface area contributed by atoms with Gasteiger partial charge in [0, 0.05) is 8.95 Å². The molecule has 0 fully saturated rings. The topological polar surface area (TPSA) is 12.0 Å². The first-order valence-electron chi connectivity index (χ1n) is 4.34. The van der Waals surface area contributed by atoms with E-state index >= 15 is 0 Å². The molecule has 0 radical (unpaired) electrons. The van der Waals surface area contributed by atoms with Gasteiger partial charge in [0.2, 0.25) is 0 Å². The highest BCUT2D eigenvalue weighted by molar-refractivity contribution is 9.11. The Kier molecular flexibility index (Phi) is 4.35. The van der Waals surface area contributed by atoms with E-state index in [2.05, 4.69) is 49.8 Å². The number of rotatable bonds is 3. The SMILES string of the molecule is C=C(C)C(NC)c1ccc(Br)cc1Br. The zero-order chi connectivity index (χ0) is 10.7. The highest BCUT2D eigenvalue weighted by Gasteiger charge is 2.12. The Morgan fingerprint density at radius 3 is 2.50 bits per heavy atom. The second-order valence-corrected chi connectivity index (χ2v) is 5.00. The van der Waals surface area contributed by atoms with Gasteiger partial charge < -0.3 is 5.32 Å². The average Bonchev–Trinajstić information content (AvgIpc) is 2.09. The van der Waals surface area contributed by atoms with Crippen LogP contribution in [-0.4, -0.2) is 7.05 Å². The van der Waals surface area contributed by atoms with Gasteiger partial charge in [-0.05, 0) is 31.7 Å². The fraction of sp³-hybridized carbons (Fsp3) is 0.273. The molecule has 0 saturated heterocycles. The van der Waals surface area contributed by atoms with Gasteiger partial charge in [0.15, 0.2) is 0 Å². The third-order valence-electron chi connectivity index (χ3n) is 2.05. The minimum atomic E-state index is 0.206. The third-order valence-corrected chi connectivity index (χ3v) is 3.23. The molecule has 0 aliphatic heterocycles. The summed E-state index contributed by atoms with van der Waals surface area (Å²) >= 11 is 6.98. The monoisotopic (exact) mass is 317 g/mol. The smallest absolute Gasteiger partial charge is 0.0539 e. The summed E-state index contributed by atoms with van der Waals surface area (Å²) in [5.41, 5.74) is 2.32. The Morgan fingerprint density at radius 1 is 1.43 bits per heavy atom. The van der Waals surface area contributed by atoms with Crippen LogP contribution < -0.4 is 5.32 Å². The van der Waals surface area contributed by atoms with Crippen LogP contribution in [0.15, 0.2) is 39.3 Å². The minimum Gasteiger partial charge on any atom is -0.310 e. The lowest BCUT2D eigenvalue weighted by atomic mass is 10.0. The Morgan fingerprint density at radius 2 is 2.07 bits per heavy atom. The summed E-state index contributed by atoms with van der Waals surface area (Å²) in [6.07, 6.45) is 0. The molecule has 14 heavy (non-hydrogen) atoms. The molecule has 0 spiro atoms. The Balaban J connectivity index is 3.10. The number of benzene rings is 1. The van der Waals surface area contributed by atoms with Crippen molar-refractivity contribution in [1.82, 2.24) is 5.32 Å². The van der Waals surface area contributed by atoms with Crippen LogP contribution in [-0.2, 0) is 0 Å². The van der Waals surface area contributed by atoms with Gasteiger partial charge in [-0.25, -0.2) is 0 Å². The number of hydrogen-bond acceptors (Lipinski definition) is 1. The molecule has 3 heteroatoms. The number of hydrogen-bond donors (Lipinski definition) is 1. The van der Waals surface area contributed by atoms with E-state index in [0.717, 1.165) is 14.5 Å². The van der Waals surface area contributed by atoms with Crippen LogP contribution >= 0.6 is 31.9 Å². The van der Waals surface area contributed by atoms with E-state index in [1.165, 1.54) is 5.56 Å². The van der Waals surface area contributed by atoms with Crippen molar-refractivity contribution >= 4 is 31.9 Å². The summed E-state index contributed by atoms with van der Waals surface area (Å²) in [6.45, 7) is 5.99. The van der Waals surface area contributed by atoms with Crippen LogP contribution in [0.1, 0.15) is 18.5 Å².